The molecule has 2 fully saturated rings. The summed E-state index contributed by atoms with van der Waals surface area (Å²) in [6.07, 6.45) is 9.90. The van der Waals surface area contributed by atoms with Gasteiger partial charge in [-0.15, -0.1) is 0 Å². The normalized spacial score (nSPS) is 23.4. The molecule has 5 rings (SSSR count). The number of imidazole rings is 1. The molecule has 1 saturated heterocycles. The summed E-state index contributed by atoms with van der Waals surface area (Å²) in [6, 6.07) is 0.491. The van der Waals surface area contributed by atoms with Crippen LogP contribution in [0.1, 0.15) is 58.3 Å². The zero-order chi connectivity index (χ0) is 21.5. The molecular weight excluding hydrogens is 392 g/mol. The first-order valence-electron chi connectivity index (χ1n) is 12.2. The molecule has 8 nitrogen and oxygen atoms in total. The molecule has 0 N–H and O–H groups in total. The van der Waals surface area contributed by atoms with Crippen LogP contribution in [0.5, 0.6) is 0 Å². The van der Waals surface area contributed by atoms with Gasteiger partial charge in [0.05, 0.1) is 0 Å². The number of piperidine rings is 1. The highest BCUT2D eigenvalue weighted by Gasteiger charge is 2.33. The van der Waals surface area contributed by atoms with Crippen molar-refractivity contribution < 1.29 is 0 Å². The maximum atomic E-state index is 13.5. The van der Waals surface area contributed by atoms with Crippen LogP contribution in [0.15, 0.2) is 9.59 Å². The van der Waals surface area contributed by atoms with Crippen LogP contribution < -0.4 is 16.1 Å². The van der Waals surface area contributed by atoms with Gasteiger partial charge in [-0.3, -0.25) is 13.9 Å². The van der Waals surface area contributed by atoms with Gasteiger partial charge in [0.1, 0.15) is 0 Å². The van der Waals surface area contributed by atoms with E-state index in [1.54, 1.807) is 11.6 Å². The van der Waals surface area contributed by atoms with Crippen LogP contribution in [-0.4, -0.2) is 55.8 Å². The number of anilines is 1. The Bertz CT molecular complexity index is 1050. The van der Waals surface area contributed by atoms with Crippen molar-refractivity contribution in [1.82, 2.24) is 23.6 Å². The van der Waals surface area contributed by atoms with E-state index in [0.29, 0.717) is 29.7 Å². The topological polar surface area (TPSA) is 68.3 Å². The summed E-state index contributed by atoms with van der Waals surface area (Å²) in [4.78, 5) is 36.3. The lowest BCUT2D eigenvalue weighted by Gasteiger charge is -2.40. The lowest BCUT2D eigenvalue weighted by atomic mass is 9.93. The average Bonchev–Trinajstić information content (AvgIpc) is 3.18. The molecule has 1 aliphatic carbocycles. The molecule has 0 spiro atoms. The summed E-state index contributed by atoms with van der Waals surface area (Å²) in [5.41, 5.74) is 0.714. The number of aryl methyl sites for hydroxylation is 1. The van der Waals surface area contributed by atoms with Gasteiger partial charge in [0.25, 0.3) is 5.56 Å². The summed E-state index contributed by atoms with van der Waals surface area (Å²) in [6.45, 7) is 7.35. The van der Waals surface area contributed by atoms with E-state index in [1.807, 2.05) is 0 Å². The fourth-order valence-electron chi connectivity index (χ4n) is 5.87. The third-order valence-electron chi connectivity index (χ3n) is 7.58. The first-order valence-corrected chi connectivity index (χ1v) is 12.2. The van der Waals surface area contributed by atoms with Crippen LogP contribution in [0, 0.1) is 5.92 Å². The van der Waals surface area contributed by atoms with E-state index in [9.17, 15) is 9.59 Å². The van der Waals surface area contributed by atoms with Crippen LogP contribution in [0.25, 0.3) is 11.2 Å². The second-order valence-electron chi connectivity index (χ2n) is 9.94. The smallest absolute Gasteiger partial charge is 0.332 e. The van der Waals surface area contributed by atoms with E-state index in [-0.39, 0.29) is 11.2 Å². The average molecular weight is 429 g/mol. The summed E-state index contributed by atoms with van der Waals surface area (Å²) in [5.74, 6) is 1.34. The number of hydrogen-bond acceptors (Lipinski definition) is 5. The molecule has 0 bridgehead atoms. The van der Waals surface area contributed by atoms with Crippen molar-refractivity contribution in [2.75, 3.05) is 31.1 Å². The van der Waals surface area contributed by atoms with Crippen LogP contribution in [-0.2, 0) is 20.1 Å². The van der Waals surface area contributed by atoms with Crippen molar-refractivity contribution >= 4 is 17.1 Å². The molecule has 2 aliphatic heterocycles. The molecule has 170 valence electrons. The van der Waals surface area contributed by atoms with E-state index in [2.05, 4.69) is 21.3 Å². The molecule has 0 aromatic carbocycles. The molecular formula is C23H36N6O2. The second-order valence-corrected chi connectivity index (χ2v) is 9.94. The van der Waals surface area contributed by atoms with Crippen LogP contribution in [0.3, 0.4) is 0 Å². The van der Waals surface area contributed by atoms with E-state index < -0.39 is 0 Å². The van der Waals surface area contributed by atoms with Gasteiger partial charge >= 0.3 is 5.69 Å². The fraction of sp³-hybridized carbons (Fsp3) is 0.783. The third kappa shape index (κ3) is 3.73. The molecule has 0 radical (unpaired) electrons. The minimum Gasteiger partial charge on any atom is -0.339 e. The first-order chi connectivity index (χ1) is 15.0. The Hall–Kier alpha value is -2.09. The summed E-state index contributed by atoms with van der Waals surface area (Å²) >= 11 is 0. The molecule has 8 heteroatoms. The van der Waals surface area contributed by atoms with Gasteiger partial charge in [-0.05, 0) is 44.7 Å². The number of hydrogen-bond donors (Lipinski definition) is 0. The molecule has 3 aliphatic rings. The van der Waals surface area contributed by atoms with E-state index in [0.717, 1.165) is 38.7 Å². The predicted molar refractivity (Wildman–Crippen MR) is 123 cm³/mol. The highest BCUT2D eigenvalue weighted by atomic mass is 16.2. The lowest BCUT2D eigenvalue weighted by Crippen LogP contribution is -2.46. The minimum absolute atomic E-state index is 0.174. The van der Waals surface area contributed by atoms with E-state index in [4.69, 9.17) is 4.98 Å². The number of fused-ring (bicyclic) bond motifs is 3. The van der Waals surface area contributed by atoms with Gasteiger partial charge in [-0.1, -0.05) is 32.6 Å². The van der Waals surface area contributed by atoms with Crippen molar-refractivity contribution in [2.24, 2.45) is 13.0 Å². The highest BCUT2D eigenvalue weighted by molar-refractivity contribution is 5.75. The fourth-order valence-corrected chi connectivity index (χ4v) is 5.87. The maximum Gasteiger partial charge on any atom is 0.332 e. The third-order valence-corrected chi connectivity index (χ3v) is 7.58. The summed E-state index contributed by atoms with van der Waals surface area (Å²) < 4.78 is 5.13. The Kier molecular flexibility index (Phi) is 5.67. The first kappa shape index (κ1) is 20.8. The second kappa shape index (κ2) is 8.45. The Morgan fingerprint density at radius 1 is 0.935 bits per heavy atom. The molecule has 31 heavy (non-hydrogen) atoms. The van der Waals surface area contributed by atoms with Crippen LogP contribution in [0.2, 0.25) is 0 Å². The van der Waals surface area contributed by atoms with Crippen molar-refractivity contribution in [1.29, 1.82) is 0 Å². The van der Waals surface area contributed by atoms with Gasteiger partial charge in [0.2, 0.25) is 5.95 Å². The molecule has 1 saturated carbocycles. The highest BCUT2D eigenvalue weighted by Crippen LogP contribution is 2.32. The van der Waals surface area contributed by atoms with Crippen molar-refractivity contribution in [3.63, 3.8) is 0 Å². The zero-order valence-corrected chi connectivity index (χ0v) is 19.1. The van der Waals surface area contributed by atoms with E-state index in [1.165, 1.54) is 55.9 Å². The minimum atomic E-state index is -0.248. The quantitative estimate of drug-likeness (QED) is 0.747. The zero-order valence-electron chi connectivity index (χ0n) is 19.1. The maximum absolute atomic E-state index is 13.5. The monoisotopic (exact) mass is 428 g/mol. The number of rotatable bonds is 4. The Balaban J connectivity index is 1.55. The molecule has 0 amide bonds. The number of likely N-dealkylation sites (tertiary alicyclic amines) is 1. The van der Waals surface area contributed by atoms with Gasteiger partial charge < -0.3 is 14.4 Å². The van der Waals surface area contributed by atoms with Gasteiger partial charge in [-0.25, -0.2) is 4.79 Å². The van der Waals surface area contributed by atoms with Crippen LogP contribution in [0.4, 0.5) is 5.95 Å². The van der Waals surface area contributed by atoms with Crippen molar-refractivity contribution in [3.05, 3.63) is 20.8 Å². The molecule has 1 atom stereocenters. The summed E-state index contributed by atoms with van der Waals surface area (Å²) in [5, 5.41) is 0. The van der Waals surface area contributed by atoms with Gasteiger partial charge in [0.15, 0.2) is 11.2 Å². The van der Waals surface area contributed by atoms with Gasteiger partial charge in [-0.2, -0.15) is 4.98 Å². The largest absolute Gasteiger partial charge is 0.339 e. The number of aromatic nitrogens is 4. The summed E-state index contributed by atoms with van der Waals surface area (Å²) in [7, 11) is 1.76. The lowest BCUT2D eigenvalue weighted by molar-refractivity contribution is 0.218. The Labute approximate surface area is 183 Å². The van der Waals surface area contributed by atoms with E-state index >= 15 is 0 Å². The Morgan fingerprint density at radius 3 is 2.39 bits per heavy atom. The molecule has 2 aromatic heterocycles. The van der Waals surface area contributed by atoms with Gasteiger partial charge in [0, 0.05) is 39.3 Å². The molecule has 4 heterocycles. The number of nitrogens with zero attached hydrogens (tertiary/aromatic N) is 6. The van der Waals surface area contributed by atoms with Crippen molar-refractivity contribution in [3.8, 4) is 0 Å². The molecule has 2 aromatic rings. The SMILES string of the molecule is C[C@H]1CN(C2CCCCC2)c2nc3c(c(=O)n(CCN4CCCCC4)c(=O)n3C)n2C1. The predicted octanol–water partition coefficient (Wildman–Crippen LogP) is 2.17. The standard InChI is InChI=1S/C23H36N6O2/c1-17-15-28(18-9-5-3-6-10-18)22-24-20-19(29(22)16-17)21(30)27(23(31)25(20)2)14-13-26-11-7-4-8-12-26/h17-18H,3-16H2,1-2H3/t17-/m0/s1. The van der Waals surface area contributed by atoms with Crippen molar-refractivity contribution in [2.45, 2.75) is 77.4 Å². The van der Waals surface area contributed by atoms with Crippen LogP contribution >= 0.6 is 0 Å². The Morgan fingerprint density at radius 2 is 1.65 bits per heavy atom. The molecule has 0 unspecified atom stereocenters.